The number of anilines is 1. The number of rotatable bonds is 3. The molecule has 6 heteroatoms. The van der Waals surface area contributed by atoms with E-state index in [4.69, 9.17) is 9.72 Å². The van der Waals surface area contributed by atoms with Gasteiger partial charge in [0.2, 0.25) is 0 Å². The molecule has 2 aliphatic rings. The summed E-state index contributed by atoms with van der Waals surface area (Å²) in [6, 6.07) is 19.8. The Morgan fingerprint density at radius 1 is 0.933 bits per heavy atom. The second kappa shape index (κ2) is 9.01. The van der Waals surface area contributed by atoms with Crippen molar-refractivity contribution in [2.45, 2.75) is 13.0 Å². The molecule has 0 amide bonds. The fourth-order valence-corrected chi connectivity index (χ4v) is 5.28. The van der Waals surface area contributed by atoms with Gasteiger partial charge in [-0.15, -0.1) is 24.8 Å². The molecule has 3 aromatic rings. The van der Waals surface area contributed by atoms with E-state index in [9.17, 15) is 0 Å². The molecule has 0 unspecified atom stereocenters. The lowest BCUT2D eigenvalue weighted by atomic mass is 9.88. The van der Waals surface area contributed by atoms with Crippen molar-refractivity contribution >= 4 is 41.5 Å². The summed E-state index contributed by atoms with van der Waals surface area (Å²) in [5.74, 6) is 3.24. The molecule has 2 aromatic carbocycles. The van der Waals surface area contributed by atoms with Gasteiger partial charge in [-0.3, -0.25) is 4.90 Å². The first-order valence-corrected chi connectivity index (χ1v) is 10.1. The Hall–Kier alpha value is -2.01. The van der Waals surface area contributed by atoms with Crippen molar-refractivity contribution in [2.75, 3.05) is 38.7 Å². The van der Waals surface area contributed by atoms with E-state index in [1.807, 2.05) is 12.1 Å². The molecule has 3 heterocycles. The predicted molar refractivity (Wildman–Crippen MR) is 129 cm³/mol. The molecule has 0 spiro atoms. The van der Waals surface area contributed by atoms with E-state index in [0.717, 1.165) is 42.1 Å². The third-order valence-electron chi connectivity index (χ3n) is 6.61. The summed E-state index contributed by atoms with van der Waals surface area (Å²) in [4.78, 5) is 10.00. The van der Waals surface area contributed by atoms with Crippen molar-refractivity contribution in [3.8, 4) is 5.75 Å². The number of aromatic nitrogens is 1. The average Bonchev–Trinajstić information content (AvgIpc) is 3.24. The van der Waals surface area contributed by atoms with E-state index in [1.165, 1.54) is 11.1 Å². The second-order valence-electron chi connectivity index (χ2n) is 8.27. The highest BCUT2D eigenvalue weighted by Crippen LogP contribution is 2.45. The van der Waals surface area contributed by atoms with Crippen LogP contribution in [0.15, 0.2) is 54.6 Å². The number of halogens is 2. The molecule has 0 aliphatic carbocycles. The Balaban J connectivity index is 0.00000128. The van der Waals surface area contributed by atoms with Gasteiger partial charge in [0, 0.05) is 37.0 Å². The minimum absolute atomic E-state index is 0. The summed E-state index contributed by atoms with van der Waals surface area (Å²) >= 11 is 0. The Bertz CT molecular complexity index is 1030. The van der Waals surface area contributed by atoms with Gasteiger partial charge < -0.3 is 9.64 Å². The minimum Gasteiger partial charge on any atom is -0.494 e. The van der Waals surface area contributed by atoms with Crippen LogP contribution in [0.5, 0.6) is 5.75 Å². The summed E-state index contributed by atoms with van der Waals surface area (Å²) in [6.45, 7) is 5.52. The molecule has 2 aliphatic heterocycles. The van der Waals surface area contributed by atoms with Crippen LogP contribution in [-0.2, 0) is 0 Å². The third kappa shape index (κ3) is 3.73. The number of hydrogen-bond acceptors (Lipinski definition) is 4. The van der Waals surface area contributed by atoms with Gasteiger partial charge in [-0.05, 0) is 49.2 Å². The van der Waals surface area contributed by atoms with Crippen LogP contribution in [0.3, 0.4) is 0 Å². The largest absolute Gasteiger partial charge is 0.494 e. The van der Waals surface area contributed by atoms with Crippen LogP contribution < -0.4 is 9.64 Å². The molecule has 0 bridgehead atoms. The molecule has 3 atom stereocenters. The van der Waals surface area contributed by atoms with Gasteiger partial charge >= 0.3 is 0 Å². The summed E-state index contributed by atoms with van der Waals surface area (Å²) < 4.78 is 5.53. The van der Waals surface area contributed by atoms with Gasteiger partial charge in [0.25, 0.3) is 0 Å². The van der Waals surface area contributed by atoms with Crippen molar-refractivity contribution < 1.29 is 4.74 Å². The van der Waals surface area contributed by atoms with Crippen molar-refractivity contribution in [3.05, 3.63) is 65.7 Å². The maximum atomic E-state index is 5.53. The highest BCUT2D eigenvalue weighted by molar-refractivity contribution is 5.86. The van der Waals surface area contributed by atoms with Crippen LogP contribution >= 0.6 is 24.8 Å². The molecular weight excluding hydrogens is 417 g/mol. The third-order valence-corrected chi connectivity index (χ3v) is 6.61. The van der Waals surface area contributed by atoms with Gasteiger partial charge in [-0.25, -0.2) is 4.98 Å². The van der Waals surface area contributed by atoms with Gasteiger partial charge in [0.1, 0.15) is 17.1 Å². The molecule has 160 valence electrons. The molecule has 0 N–H and O–H groups in total. The molecular formula is C24H29Cl2N3O. The van der Waals surface area contributed by atoms with Gasteiger partial charge in [0.05, 0.1) is 7.11 Å². The number of para-hydroxylation sites is 1. The van der Waals surface area contributed by atoms with E-state index < -0.39 is 0 Å². The van der Waals surface area contributed by atoms with Crippen molar-refractivity contribution in [2.24, 2.45) is 11.8 Å². The standard InChI is InChI=1S/C24H27N3O.2ClH/c1-16-7-4-5-9-19(16)24-20-15-27(14-18(20)13-26(24)2)22-12-11-17-8-6-10-21(28-3)23(17)25-22;;/h4-12,18,20,24H,13-15H2,1-3H3;2*1H/t18-,20+,24-;;/m0../s1. The molecule has 4 nitrogen and oxygen atoms in total. The van der Waals surface area contributed by atoms with Crippen molar-refractivity contribution in [1.82, 2.24) is 9.88 Å². The summed E-state index contributed by atoms with van der Waals surface area (Å²) in [6.07, 6.45) is 0. The molecule has 0 saturated carbocycles. The van der Waals surface area contributed by atoms with Gasteiger partial charge in [-0.1, -0.05) is 36.4 Å². The van der Waals surface area contributed by atoms with Gasteiger partial charge in [0.15, 0.2) is 0 Å². The second-order valence-corrected chi connectivity index (χ2v) is 8.27. The zero-order chi connectivity index (χ0) is 19.3. The molecule has 2 saturated heterocycles. The predicted octanol–water partition coefficient (Wildman–Crippen LogP) is 5.13. The Labute approximate surface area is 191 Å². The fraction of sp³-hybridized carbons (Fsp3) is 0.375. The summed E-state index contributed by atoms with van der Waals surface area (Å²) in [5.41, 5.74) is 3.83. The minimum atomic E-state index is 0. The smallest absolute Gasteiger partial charge is 0.145 e. The number of pyridine rings is 1. The number of nitrogens with zero attached hydrogens (tertiary/aromatic N) is 3. The number of hydrogen-bond donors (Lipinski definition) is 0. The maximum Gasteiger partial charge on any atom is 0.145 e. The molecule has 1 aromatic heterocycles. The van der Waals surface area contributed by atoms with E-state index in [2.05, 4.69) is 66.2 Å². The highest BCUT2D eigenvalue weighted by atomic mass is 35.5. The highest BCUT2D eigenvalue weighted by Gasteiger charge is 2.46. The van der Waals surface area contributed by atoms with Crippen LogP contribution in [0.4, 0.5) is 5.82 Å². The Kier molecular flexibility index (Phi) is 6.81. The van der Waals surface area contributed by atoms with Crippen LogP contribution in [0, 0.1) is 18.8 Å². The lowest BCUT2D eigenvalue weighted by Gasteiger charge is -2.28. The maximum absolute atomic E-state index is 5.53. The topological polar surface area (TPSA) is 28.6 Å². The number of fused-ring (bicyclic) bond motifs is 2. The quantitative estimate of drug-likeness (QED) is 0.558. The zero-order valence-corrected chi connectivity index (χ0v) is 19.2. The summed E-state index contributed by atoms with van der Waals surface area (Å²) in [7, 11) is 3.99. The van der Waals surface area contributed by atoms with E-state index in [-0.39, 0.29) is 24.8 Å². The van der Waals surface area contributed by atoms with Crippen LogP contribution in [0.25, 0.3) is 10.9 Å². The average molecular weight is 446 g/mol. The normalized spacial score (nSPS) is 23.0. The lowest BCUT2D eigenvalue weighted by molar-refractivity contribution is 0.279. The molecule has 5 rings (SSSR count). The molecule has 2 fully saturated rings. The number of benzene rings is 2. The van der Waals surface area contributed by atoms with E-state index >= 15 is 0 Å². The molecule has 30 heavy (non-hydrogen) atoms. The fourth-order valence-electron chi connectivity index (χ4n) is 5.28. The monoisotopic (exact) mass is 445 g/mol. The number of likely N-dealkylation sites (tertiary alicyclic amines) is 1. The Morgan fingerprint density at radius 3 is 2.50 bits per heavy atom. The Morgan fingerprint density at radius 2 is 1.73 bits per heavy atom. The van der Waals surface area contributed by atoms with Crippen molar-refractivity contribution in [1.29, 1.82) is 0 Å². The number of ether oxygens (including phenoxy) is 1. The first kappa shape index (κ1) is 22.7. The van der Waals surface area contributed by atoms with E-state index in [0.29, 0.717) is 17.9 Å². The van der Waals surface area contributed by atoms with Gasteiger partial charge in [-0.2, -0.15) is 0 Å². The lowest BCUT2D eigenvalue weighted by Crippen LogP contribution is -2.29. The number of aryl methyl sites for hydroxylation is 1. The summed E-state index contributed by atoms with van der Waals surface area (Å²) in [5, 5.41) is 1.13. The zero-order valence-electron chi connectivity index (χ0n) is 17.6. The van der Waals surface area contributed by atoms with E-state index in [1.54, 1.807) is 7.11 Å². The number of methoxy groups -OCH3 is 1. The van der Waals surface area contributed by atoms with Crippen LogP contribution in [0.2, 0.25) is 0 Å². The first-order valence-electron chi connectivity index (χ1n) is 10.1. The first-order chi connectivity index (χ1) is 13.7. The SMILES string of the molecule is COc1cccc2ccc(N3C[C@@H]4CN(C)[C@@H](c5ccccc5C)[C@@H]4C3)nc12.Cl.Cl. The van der Waals surface area contributed by atoms with Crippen LogP contribution in [-0.4, -0.2) is 43.7 Å². The molecule has 0 radical (unpaired) electrons. The van der Waals surface area contributed by atoms with Crippen LogP contribution in [0.1, 0.15) is 17.2 Å². The van der Waals surface area contributed by atoms with Crippen molar-refractivity contribution in [3.63, 3.8) is 0 Å².